The number of hydrogen-bond donors (Lipinski definition) is 0. The maximum Gasteiger partial charge on any atom is 0.329 e. The van der Waals surface area contributed by atoms with Crippen LogP contribution >= 0.6 is 11.3 Å². The lowest BCUT2D eigenvalue weighted by atomic mass is 9.91. The summed E-state index contributed by atoms with van der Waals surface area (Å²) in [6.45, 7) is 6.40. The SMILES string of the molecule is C=CCON(C)C1CN(C)C(C2=NCCN2[B]C=O)c2ncsc21. The molecule has 2 unspecified atom stereocenters. The Bertz CT molecular complexity index is 637. The van der Waals surface area contributed by atoms with Crippen molar-refractivity contribution >= 4 is 30.8 Å². The van der Waals surface area contributed by atoms with Crippen molar-refractivity contribution in [3.63, 3.8) is 0 Å². The van der Waals surface area contributed by atoms with Gasteiger partial charge in [0.2, 0.25) is 0 Å². The van der Waals surface area contributed by atoms with Crippen molar-refractivity contribution in [1.82, 2.24) is 19.8 Å². The molecular weight excluding hydrogens is 325 g/mol. The fourth-order valence-electron chi connectivity index (χ4n) is 3.19. The third-order valence-corrected chi connectivity index (χ3v) is 5.26. The van der Waals surface area contributed by atoms with Crippen LogP contribution in [0.1, 0.15) is 22.7 Å². The smallest absolute Gasteiger partial charge is 0.329 e. The van der Waals surface area contributed by atoms with Crippen molar-refractivity contribution in [2.24, 2.45) is 4.99 Å². The molecule has 1 radical (unpaired) electrons. The number of fused-ring (bicyclic) bond motifs is 1. The topological polar surface area (TPSA) is 61.3 Å². The van der Waals surface area contributed by atoms with E-state index in [-0.39, 0.29) is 12.1 Å². The molecule has 3 heterocycles. The fraction of sp³-hybridized carbons (Fsp3) is 0.533. The number of hydroxylamine groups is 2. The van der Waals surface area contributed by atoms with Crippen molar-refractivity contribution in [2.75, 3.05) is 40.3 Å². The van der Waals surface area contributed by atoms with Crippen LogP contribution in [0, 0.1) is 0 Å². The molecule has 7 nitrogen and oxygen atoms in total. The Kier molecular flexibility index (Phi) is 5.45. The molecule has 2 aliphatic rings. The molecule has 0 aliphatic carbocycles. The molecule has 2 aliphatic heterocycles. The van der Waals surface area contributed by atoms with E-state index in [0.717, 1.165) is 30.8 Å². The Morgan fingerprint density at radius 2 is 2.46 bits per heavy atom. The predicted octanol–water partition coefficient (Wildman–Crippen LogP) is 0.744. The summed E-state index contributed by atoms with van der Waals surface area (Å²) in [6.07, 6.45) is 2.55. The first kappa shape index (κ1) is 17.3. The number of amidine groups is 1. The molecule has 0 fully saturated rings. The Morgan fingerprint density at radius 3 is 3.21 bits per heavy atom. The average Bonchev–Trinajstić information content (AvgIpc) is 3.22. The molecule has 0 amide bonds. The predicted molar refractivity (Wildman–Crippen MR) is 95.7 cm³/mol. The monoisotopic (exact) mass is 346 g/mol. The Morgan fingerprint density at radius 1 is 1.62 bits per heavy atom. The van der Waals surface area contributed by atoms with Crippen LogP contribution in [-0.2, 0) is 9.63 Å². The van der Waals surface area contributed by atoms with E-state index in [0.29, 0.717) is 13.2 Å². The summed E-state index contributed by atoms with van der Waals surface area (Å²) in [4.78, 5) is 31.2. The van der Waals surface area contributed by atoms with Gasteiger partial charge in [-0.1, -0.05) is 6.08 Å². The summed E-state index contributed by atoms with van der Waals surface area (Å²) in [5.41, 5.74) is 2.87. The molecule has 127 valence electrons. The molecule has 1 aromatic heterocycles. The van der Waals surface area contributed by atoms with Crippen LogP contribution < -0.4 is 0 Å². The number of rotatable bonds is 7. The maximum atomic E-state index is 10.9. The number of aliphatic imine (C=N–C) groups is 1. The van der Waals surface area contributed by atoms with Gasteiger partial charge in [-0.15, -0.1) is 17.9 Å². The summed E-state index contributed by atoms with van der Waals surface area (Å²) in [5, 5.41) is 1.87. The van der Waals surface area contributed by atoms with E-state index < -0.39 is 0 Å². The zero-order chi connectivity index (χ0) is 17.1. The number of thiazole rings is 1. The van der Waals surface area contributed by atoms with E-state index in [1.807, 2.05) is 22.4 Å². The van der Waals surface area contributed by atoms with Gasteiger partial charge < -0.3 is 9.61 Å². The molecule has 24 heavy (non-hydrogen) atoms. The highest BCUT2D eigenvalue weighted by Gasteiger charge is 2.40. The van der Waals surface area contributed by atoms with Gasteiger partial charge in [0, 0.05) is 20.1 Å². The van der Waals surface area contributed by atoms with Gasteiger partial charge in [0.05, 0.1) is 35.3 Å². The number of aromatic nitrogens is 1. The number of likely N-dealkylation sites (N-methyl/N-ethyl adjacent to an activating group) is 2. The molecule has 1 aromatic rings. The number of nitrogens with zero attached hydrogens (tertiary/aromatic N) is 5. The van der Waals surface area contributed by atoms with Crippen molar-refractivity contribution in [3.8, 4) is 0 Å². The molecule has 2 atom stereocenters. The summed E-state index contributed by atoms with van der Waals surface area (Å²) in [7, 11) is 5.55. The van der Waals surface area contributed by atoms with Gasteiger partial charge in [0.1, 0.15) is 18.1 Å². The number of carbonyl (C=O) groups excluding carboxylic acids is 1. The van der Waals surface area contributed by atoms with Crippen LogP contribution in [0.3, 0.4) is 0 Å². The van der Waals surface area contributed by atoms with Gasteiger partial charge >= 0.3 is 7.41 Å². The second-order valence-corrected chi connectivity index (χ2v) is 6.70. The summed E-state index contributed by atoms with van der Waals surface area (Å²) >= 11 is 1.64. The first-order chi connectivity index (χ1) is 11.7. The second kappa shape index (κ2) is 7.56. The zero-order valence-electron chi connectivity index (χ0n) is 14.0. The molecule has 3 rings (SSSR count). The quantitative estimate of drug-likeness (QED) is 0.314. The fourth-order valence-corrected chi connectivity index (χ4v) is 4.14. The Hall–Kier alpha value is -1.55. The minimum Gasteiger partial charge on any atom is -0.397 e. The van der Waals surface area contributed by atoms with E-state index in [1.165, 1.54) is 4.88 Å². The Labute approximate surface area is 146 Å². The normalized spacial score (nSPS) is 24.0. The third-order valence-electron chi connectivity index (χ3n) is 4.32. The van der Waals surface area contributed by atoms with E-state index in [2.05, 4.69) is 28.5 Å². The van der Waals surface area contributed by atoms with Crippen LogP contribution in [0.5, 0.6) is 0 Å². The van der Waals surface area contributed by atoms with Crippen molar-refractivity contribution in [1.29, 1.82) is 0 Å². The van der Waals surface area contributed by atoms with Gasteiger partial charge in [-0.3, -0.25) is 14.7 Å². The van der Waals surface area contributed by atoms with E-state index in [1.54, 1.807) is 24.8 Å². The molecule has 0 spiro atoms. The molecule has 9 heteroatoms. The van der Waals surface area contributed by atoms with Crippen molar-refractivity contribution in [2.45, 2.75) is 12.1 Å². The molecule has 0 bridgehead atoms. The first-order valence-electron chi connectivity index (χ1n) is 7.87. The van der Waals surface area contributed by atoms with Crippen LogP contribution in [0.25, 0.3) is 0 Å². The highest BCUT2D eigenvalue weighted by atomic mass is 32.1. The molecule has 0 N–H and O–H groups in total. The largest absolute Gasteiger partial charge is 0.397 e. The average molecular weight is 346 g/mol. The second-order valence-electron chi connectivity index (χ2n) is 5.81. The Balaban J connectivity index is 1.88. The maximum absolute atomic E-state index is 10.9. The zero-order valence-corrected chi connectivity index (χ0v) is 14.8. The van der Waals surface area contributed by atoms with E-state index in [4.69, 9.17) is 4.84 Å². The summed E-state index contributed by atoms with van der Waals surface area (Å²) in [6, 6.07) is 0.0770. The van der Waals surface area contributed by atoms with E-state index in [9.17, 15) is 4.79 Å². The standard InChI is InChI=1S/C15H21BN5O2S/c1-4-7-23-20(3)11-8-19(2)13(12-14(11)24-10-18-12)15-17-5-6-21(15)16-9-22/h4,9-11,13H,1,5-8H2,2-3H3. The van der Waals surface area contributed by atoms with Crippen LogP contribution in [-0.4, -0.2) is 79.5 Å². The van der Waals surface area contributed by atoms with Gasteiger partial charge in [-0.2, -0.15) is 5.06 Å². The summed E-state index contributed by atoms with van der Waals surface area (Å²) < 4.78 is 0. The molecular formula is C15H21BN5O2S. The van der Waals surface area contributed by atoms with Gasteiger partial charge in [-0.05, 0) is 7.05 Å². The first-order valence-corrected chi connectivity index (χ1v) is 8.75. The minimum absolute atomic E-state index is 0.0333. The van der Waals surface area contributed by atoms with Gasteiger partial charge in [0.25, 0.3) is 0 Å². The van der Waals surface area contributed by atoms with Gasteiger partial charge in [0.15, 0.2) is 0 Å². The van der Waals surface area contributed by atoms with Crippen LogP contribution in [0.15, 0.2) is 23.2 Å². The van der Waals surface area contributed by atoms with Crippen molar-refractivity contribution in [3.05, 3.63) is 28.7 Å². The lowest BCUT2D eigenvalue weighted by Crippen LogP contribution is -2.47. The number of carbonyl (C=O) groups is 1. The molecule has 0 saturated heterocycles. The number of hydrogen-bond acceptors (Lipinski definition) is 8. The summed E-state index contributed by atoms with van der Waals surface area (Å²) in [5.74, 6) is 0.893. The molecule has 0 aromatic carbocycles. The lowest BCUT2D eigenvalue weighted by molar-refractivity contribution is -0.165. The van der Waals surface area contributed by atoms with E-state index >= 15 is 0 Å². The third kappa shape index (κ3) is 3.17. The highest BCUT2D eigenvalue weighted by molar-refractivity contribution is 7.09. The van der Waals surface area contributed by atoms with Gasteiger partial charge in [-0.25, -0.2) is 4.98 Å². The minimum atomic E-state index is -0.0333. The van der Waals surface area contributed by atoms with Crippen LogP contribution in [0.4, 0.5) is 0 Å². The van der Waals surface area contributed by atoms with Crippen LogP contribution in [0.2, 0.25) is 0 Å². The highest BCUT2D eigenvalue weighted by Crippen LogP contribution is 2.39. The van der Waals surface area contributed by atoms with Crippen molar-refractivity contribution < 1.29 is 9.63 Å². The molecule has 0 saturated carbocycles. The lowest BCUT2D eigenvalue weighted by Gasteiger charge is -2.40.